The summed E-state index contributed by atoms with van der Waals surface area (Å²) >= 11 is 1.80. The summed E-state index contributed by atoms with van der Waals surface area (Å²) in [5.74, 6) is 1.77. The Morgan fingerprint density at radius 3 is 2.71 bits per heavy atom. The average molecular weight is 250 g/mol. The van der Waals surface area contributed by atoms with Gasteiger partial charge < -0.3 is 9.84 Å². The van der Waals surface area contributed by atoms with Crippen molar-refractivity contribution in [1.29, 1.82) is 0 Å². The van der Waals surface area contributed by atoms with Crippen molar-refractivity contribution < 1.29 is 9.84 Å². The number of aliphatic hydroxyl groups is 1. The van der Waals surface area contributed by atoms with Gasteiger partial charge in [0.2, 0.25) is 0 Å². The summed E-state index contributed by atoms with van der Waals surface area (Å²) in [6, 6.07) is 8.05. The van der Waals surface area contributed by atoms with Crippen LogP contribution in [0.1, 0.15) is 31.4 Å². The quantitative estimate of drug-likeness (QED) is 0.829. The molecular weight excluding hydrogens is 232 g/mol. The summed E-state index contributed by atoms with van der Waals surface area (Å²) in [7, 11) is 0. The molecule has 2 nitrogen and oxygen atoms in total. The second-order valence-electron chi connectivity index (χ2n) is 4.00. The fraction of sp³-hybridized carbons (Fsp3) is 0.429. The molecule has 0 saturated heterocycles. The lowest BCUT2D eigenvalue weighted by Crippen LogP contribution is -2.09. The molecule has 0 radical (unpaired) electrons. The molecule has 0 aliphatic carbocycles. The van der Waals surface area contributed by atoms with Gasteiger partial charge in [0.1, 0.15) is 11.9 Å². The minimum atomic E-state index is -0.615. The molecule has 2 rings (SSSR count). The highest BCUT2D eigenvalue weighted by Crippen LogP contribution is 2.27. The number of benzene rings is 1. The lowest BCUT2D eigenvalue weighted by atomic mass is 10.1. The van der Waals surface area contributed by atoms with Gasteiger partial charge >= 0.3 is 0 Å². The molecule has 1 aromatic rings. The Bertz CT molecular complexity index is 384. The van der Waals surface area contributed by atoms with Crippen LogP contribution in [0.3, 0.4) is 0 Å². The van der Waals surface area contributed by atoms with Crippen molar-refractivity contribution in [2.75, 3.05) is 12.4 Å². The maximum atomic E-state index is 10.2. The lowest BCUT2D eigenvalue weighted by molar-refractivity contribution is 0.0918. The Hall–Kier alpha value is -0.930. The Kier molecular flexibility index (Phi) is 4.51. The minimum absolute atomic E-state index is 0.615. The zero-order valence-electron chi connectivity index (χ0n) is 10.1. The first kappa shape index (κ1) is 12.5. The van der Waals surface area contributed by atoms with E-state index < -0.39 is 6.10 Å². The van der Waals surface area contributed by atoms with E-state index in [-0.39, 0.29) is 0 Å². The van der Waals surface area contributed by atoms with Crippen molar-refractivity contribution >= 4 is 11.8 Å². The van der Waals surface area contributed by atoms with Gasteiger partial charge in [-0.1, -0.05) is 19.1 Å². The van der Waals surface area contributed by atoms with Crippen LogP contribution in [0, 0.1) is 0 Å². The molecule has 1 N–H and O–H groups in total. The van der Waals surface area contributed by atoms with Gasteiger partial charge in [-0.25, -0.2) is 0 Å². The van der Waals surface area contributed by atoms with E-state index in [1.807, 2.05) is 18.2 Å². The molecule has 1 aliphatic heterocycles. The largest absolute Gasteiger partial charge is 0.495 e. The van der Waals surface area contributed by atoms with Gasteiger partial charge in [0, 0.05) is 4.90 Å². The van der Waals surface area contributed by atoms with Crippen LogP contribution in [-0.2, 0) is 4.74 Å². The Morgan fingerprint density at radius 1 is 1.35 bits per heavy atom. The summed E-state index contributed by atoms with van der Waals surface area (Å²) in [6.45, 7) is 2.85. The number of hydrogen-bond acceptors (Lipinski definition) is 3. The van der Waals surface area contributed by atoms with Crippen LogP contribution < -0.4 is 0 Å². The fourth-order valence-corrected chi connectivity index (χ4v) is 2.51. The van der Waals surface area contributed by atoms with Crippen molar-refractivity contribution in [2.45, 2.75) is 30.8 Å². The summed E-state index contributed by atoms with van der Waals surface area (Å²) in [5, 5.41) is 10.2. The lowest BCUT2D eigenvalue weighted by Gasteiger charge is -2.20. The molecule has 0 aromatic heterocycles. The minimum Gasteiger partial charge on any atom is -0.495 e. The van der Waals surface area contributed by atoms with Gasteiger partial charge in [-0.2, -0.15) is 0 Å². The monoisotopic (exact) mass is 250 g/mol. The third kappa shape index (κ3) is 3.27. The van der Waals surface area contributed by atoms with E-state index in [2.05, 4.69) is 19.1 Å². The zero-order chi connectivity index (χ0) is 12.1. The highest BCUT2D eigenvalue weighted by atomic mass is 32.2. The fourth-order valence-electron chi connectivity index (χ4n) is 1.84. The molecule has 1 heterocycles. The molecule has 0 amide bonds. The smallest absolute Gasteiger partial charge is 0.136 e. The van der Waals surface area contributed by atoms with Gasteiger partial charge in [0.05, 0.1) is 6.61 Å². The molecule has 0 bridgehead atoms. The molecule has 0 spiro atoms. The topological polar surface area (TPSA) is 29.5 Å². The van der Waals surface area contributed by atoms with Gasteiger partial charge in [-0.15, -0.1) is 11.8 Å². The zero-order valence-corrected chi connectivity index (χ0v) is 10.9. The van der Waals surface area contributed by atoms with Crippen molar-refractivity contribution in [2.24, 2.45) is 0 Å². The van der Waals surface area contributed by atoms with Crippen LogP contribution in [0.5, 0.6) is 0 Å². The van der Waals surface area contributed by atoms with Crippen LogP contribution in [0.15, 0.2) is 41.0 Å². The normalized spacial score (nSPS) is 17.2. The molecule has 1 aliphatic rings. The van der Waals surface area contributed by atoms with E-state index in [1.165, 1.54) is 4.90 Å². The molecule has 0 saturated carbocycles. The second-order valence-corrected chi connectivity index (χ2v) is 5.34. The van der Waals surface area contributed by atoms with Crippen LogP contribution in [0.2, 0.25) is 0 Å². The molecule has 0 fully saturated rings. The first-order valence-electron chi connectivity index (χ1n) is 6.05. The van der Waals surface area contributed by atoms with Crippen LogP contribution in [-0.4, -0.2) is 17.5 Å². The van der Waals surface area contributed by atoms with Gasteiger partial charge in [0.15, 0.2) is 0 Å². The number of rotatable bonds is 4. The first-order valence-corrected chi connectivity index (χ1v) is 7.03. The Morgan fingerprint density at radius 2 is 2.12 bits per heavy atom. The van der Waals surface area contributed by atoms with Crippen molar-refractivity contribution in [3.63, 3.8) is 0 Å². The molecule has 1 atom stereocenters. The maximum Gasteiger partial charge on any atom is 0.136 e. The van der Waals surface area contributed by atoms with Gasteiger partial charge in [-0.05, 0) is 42.4 Å². The van der Waals surface area contributed by atoms with Gasteiger partial charge in [-0.3, -0.25) is 0 Å². The Balaban J connectivity index is 2.08. The third-order valence-corrected chi connectivity index (χ3v) is 3.63. The predicted molar refractivity (Wildman–Crippen MR) is 71.1 cm³/mol. The van der Waals surface area contributed by atoms with E-state index in [4.69, 9.17) is 4.74 Å². The van der Waals surface area contributed by atoms with Crippen LogP contribution in [0.25, 0.3) is 0 Å². The SMILES string of the molecule is CCSc1ccc(C(O)C2=CCCCO2)cc1. The molecule has 3 heteroatoms. The van der Waals surface area contributed by atoms with E-state index in [0.717, 1.165) is 24.2 Å². The predicted octanol–water partition coefficient (Wildman–Crippen LogP) is 3.53. The maximum absolute atomic E-state index is 10.2. The molecule has 1 aromatic carbocycles. The number of thioether (sulfide) groups is 1. The number of hydrogen-bond donors (Lipinski definition) is 1. The number of aliphatic hydroxyl groups excluding tert-OH is 1. The van der Waals surface area contributed by atoms with Crippen molar-refractivity contribution in [3.8, 4) is 0 Å². The van der Waals surface area contributed by atoms with Gasteiger partial charge in [0.25, 0.3) is 0 Å². The standard InChI is InChI=1S/C14H18O2S/c1-2-17-12-8-6-11(7-9-12)14(15)13-5-3-4-10-16-13/h5-9,14-15H,2-4,10H2,1H3. The molecular formula is C14H18O2S. The number of allylic oxidation sites excluding steroid dienone is 1. The molecule has 92 valence electrons. The first-order chi connectivity index (χ1) is 8.31. The highest BCUT2D eigenvalue weighted by Gasteiger charge is 2.16. The second kappa shape index (κ2) is 6.12. The van der Waals surface area contributed by atoms with E-state index >= 15 is 0 Å². The van der Waals surface area contributed by atoms with Crippen LogP contribution >= 0.6 is 11.8 Å². The molecule has 1 unspecified atom stereocenters. The summed E-state index contributed by atoms with van der Waals surface area (Å²) in [5.41, 5.74) is 0.901. The number of ether oxygens (including phenoxy) is 1. The Labute approximate surface area is 107 Å². The average Bonchev–Trinajstić information content (AvgIpc) is 2.40. The van der Waals surface area contributed by atoms with Crippen molar-refractivity contribution in [1.82, 2.24) is 0 Å². The van der Waals surface area contributed by atoms with E-state index in [0.29, 0.717) is 12.4 Å². The summed E-state index contributed by atoms with van der Waals surface area (Å²) in [6.07, 6.45) is 3.41. The van der Waals surface area contributed by atoms with Crippen LogP contribution in [0.4, 0.5) is 0 Å². The summed E-state index contributed by atoms with van der Waals surface area (Å²) in [4.78, 5) is 1.24. The van der Waals surface area contributed by atoms with Crippen molar-refractivity contribution in [3.05, 3.63) is 41.7 Å². The van der Waals surface area contributed by atoms with E-state index in [1.54, 1.807) is 11.8 Å². The van der Waals surface area contributed by atoms with E-state index in [9.17, 15) is 5.11 Å². The third-order valence-electron chi connectivity index (χ3n) is 2.74. The summed E-state index contributed by atoms with van der Waals surface area (Å²) < 4.78 is 5.48. The highest BCUT2D eigenvalue weighted by molar-refractivity contribution is 7.99. The molecule has 17 heavy (non-hydrogen) atoms.